The van der Waals surface area contributed by atoms with E-state index in [1.807, 2.05) is 0 Å². The van der Waals surface area contributed by atoms with Gasteiger partial charge >= 0.3 is 0 Å². The van der Waals surface area contributed by atoms with Crippen LogP contribution in [0.3, 0.4) is 0 Å². The molecule has 1 saturated carbocycles. The van der Waals surface area contributed by atoms with Crippen LogP contribution in [0.4, 0.5) is 0 Å². The van der Waals surface area contributed by atoms with Crippen molar-refractivity contribution in [2.24, 2.45) is 11.8 Å². The van der Waals surface area contributed by atoms with E-state index in [0.717, 1.165) is 17.9 Å². The van der Waals surface area contributed by atoms with E-state index in [4.69, 9.17) is 0 Å². The molecular weight excluding hydrogens is 208 g/mol. The Labute approximate surface area is 107 Å². The number of likely N-dealkylation sites (tertiary alicyclic amines) is 1. The van der Waals surface area contributed by atoms with Crippen LogP contribution in [0.25, 0.3) is 0 Å². The largest absolute Gasteiger partial charge is 0.313 e. The maximum Gasteiger partial charge on any atom is 0.0195 e. The third kappa shape index (κ3) is 4.59. The van der Waals surface area contributed by atoms with E-state index in [9.17, 15) is 0 Å². The zero-order chi connectivity index (χ0) is 12.1. The molecule has 2 aliphatic rings. The van der Waals surface area contributed by atoms with Crippen LogP contribution in [-0.2, 0) is 0 Å². The summed E-state index contributed by atoms with van der Waals surface area (Å²) in [4.78, 5) is 2.46. The molecule has 0 bridgehead atoms. The first-order valence-corrected chi connectivity index (χ1v) is 7.66. The predicted molar refractivity (Wildman–Crippen MR) is 74.3 cm³/mol. The van der Waals surface area contributed by atoms with Gasteiger partial charge in [-0.15, -0.1) is 0 Å². The topological polar surface area (TPSA) is 15.3 Å². The van der Waals surface area contributed by atoms with Crippen molar-refractivity contribution in [2.75, 3.05) is 26.7 Å². The van der Waals surface area contributed by atoms with Crippen LogP contribution >= 0.6 is 0 Å². The molecule has 17 heavy (non-hydrogen) atoms. The summed E-state index contributed by atoms with van der Waals surface area (Å²) in [7, 11) is 2.25. The molecule has 1 saturated heterocycles. The summed E-state index contributed by atoms with van der Waals surface area (Å²) < 4.78 is 0. The van der Waals surface area contributed by atoms with Gasteiger partial charge in [0, 0.05) is 12.6 Å². The molecule has 2 heteroatoms. The van der Waals surface area contributed by atoms with Crippen molar-refractivity contribution < 1.29 is 0 Å². The molecule has 0 radical (unpaired) electrons. The molecule has 1 heterocycles. The summed E-state index contributed by atoms with van der Waals surface area (Å²) in [5.74, 6) is 2.01. The van der Waals surface area contributed by atoms with Crippen molar-refractivity contribution in [3.63, 3.8) is 0 Å². The minimum Gasteiger partial charge on any atom is -0.313 e. The summed E-state index contributed by atoms with van der Waals surface area (Å²) in [6, 6.07) is 0.760. The first kappa shape index (κ1) is 13.4. The highest BCUT2D eigenvalue weighted by Gasteiger charge is 2.19. The fourth-order valence-electron chi connectivity index (χ4n) is 3.44. The molecule has 0 aromatic carbocycles. The van der Waals surface area contributed by atoms with Crippen molar-refractivity contribution in [3.05, 3.63) is 0 Å². The standard InChI is InChI=1S/C15H30N2/c1-13-5-7-14(8-6-13)9-10-16-15-4-3-11-17(2)12-15/h13-16H,3-12H2,1-2H3. The highest BCUT2D eigenvalue weighted by Crippen LogP contribution is 2.29. The Morgan fingerprint density at radius 3 is 2.59 bits per heavy atom. The molecule has 2 nitrogen and oxygen atoms in total. The molecule has 2 rings (SSSR count). The number of rotatable bonds is 4. The van der Waals surface area contributed by atoms with Gasteiger partial charge in [0.1, 0.15) is 0 Å². The van der Waals surface area contributed by atoms with Crippen LogP contribution in [0.5, 0.6) is 0 Å². The lowest BCUT2D eigenvalue weighted by molar-refractivity contribution is 0.219. The lowest BCUT2D eigenvalue weighted by atomic mass is 9.81. The average Bonchev–Trinajstić information content (AvgIpc) is 2.32. The molecule has 0 aromatic rings. The molecule has 0 aromatic heterocycles. The van der Waals surface area contributed by atoms with Gasteiger partial charge in [0.05, 0.1) is 0 Å². The van der Waals surface area contributed by atoms with Crippen molar-refractivity contribution >= 4 is 0 Å². The molecule has 2 fully saturated rings. The monoisotopic (exact) mass is 238 g/mol. The number of piperidine rings is 1. The minimum atomic E-state index is 0.760. The van der Waals surface area contributed by atoms with Gasteiger partial charge in [-0.3, -0.25) is 0 Å². The molecule has 1 atom stereocenters. The Hall–Kier alpha value is -0.0800. The lowest BCUT2D eigenvalue weighted by Crippen LogP contribution is -2.44. The normalized spacial score (nSPS) is 36.0. The highest BCUT2D eigenvalue weighted by atomic mass is 15.1. The Morgan fingerprint density at radius 2 is 1.88 bits per heavy atom. The third-order valence-electron chi connectivity index (χ3n) is 4.75. The molecule has 1 aliphatic carbocycles. The van der Waals surface area contributed by atoms with Gasteiger partial charge in [-0.1, -0.05) is 32.6 Å². The number of likely N-dealkylation sites (N-methyl/N-ethyl adjacent to an activating group) is 1. The first-order valence-electron chi connectivity index (χ1n) is 7.66. The fourth-order valence-corrected chi connectivity index (χ4v) is 3.44. The highest BCUT2D eigenvalue weighted by molar-refractivity contribution is 4.77. The Bertz CT molecular complexity index is 209. The molecule has 0 spiro atoms. The van der Waals surface area contributed by atoms with Crippen molar-refractivity contribution in [2.45, 2.75) is 57.9 Å². The van der Waals surface area contributed by atoms with E-state index in [0.29, 0.717) is 0 Å². The Kier molecular flexibility index (Phi) is 5.30. The van der Waals surface area contributed by atoms with Crippen LogP contribution in [0, 0.1) is 11.8 Å². The van der Waals surface area contributed by atoms with Gasteiger partial charge in [-0.05, 0) is 51.2 Å². The van der Waals surface area contributed by atoms with E-state index in [-0.39, 0.29) is 0 Å². The number of nitrogens with one attached hydrogen (secondary N) is 1. The Balaban J connectivity index is 1.56. The lowest BCUT2D eigenvalue weighted by Gasteiger charge is -2.31. The van der Waals surface area contributed by atoms with Gasteiger partial charge in [0.25, 0.3) is 0 Å². The second-order valence-electron chi connectivity index (χ2n) is 6.47. The molecule has 1 N–H and O–H groups in total. The Morgan fingerprint density at radius 1 is 1.12 bits per heavy atom. The second kappa shape index (κ2) is 6.75. The zero-order valence-corrected chi connectivity index (χ0v) is 11.8. The van der Waals surface area contributed by atoms with E-state index >= 15 is 0 Å². The minimum absolute atomic E-state index is 0.760. The van der Waals surface area contributed by atoms with E-state index < -0.39 is 0 Å². The van der Waals surface area contributed by atoms with E-state index in [1.165, 1.54) is 64.6 Å². The van der Waals surface area contributed by atoms with Crippen LogP contribution in [0.2, 0.25) is 0 Å². The average molecular weight is 238 g/mol. The SMILES string of the molecule is CC1CCC(CCNC2CCCN(C)C2)CC1. The summed E-state index contributed by atoms with van der Waals surface area (Å²) in [6.07, 6.45) is 10.1. The van der Waals surface area contributed by atoms with Gasteiger partial charge in [-0.25, -0.2) is 0 Å². The van der Waals surface area contributed by atoms with Crippen LogP contribution in [0.1, 0.15) is 51.9 Å². The molecule has 1 unspecified atom stereocenters. The van der Waals surface area contributed by atoms with Gasteiger partial charge in [0.2, 0.25) is 0 Å². The summed E-state index contributed by atoms with van der Waals surface area (Å²) in [5.41, 5.74) is 0. The smallest absolute Gasteiger partial charge is 0.0195 e. The van der Waals surface area contributed by atoms with Gasteiger partial charge < -0.3 is 10.2 Å². The van der Waals surface area contributed by atoms with Crippen LogP contribution in [0.15, 0.2) is 0 Å². The predicted octanol–water partition coefficient (Wildman–Crippen LogP) is 2.89. The van der Waals surface area contributed by atoms with E-state index in [1.54, 1.807) is 0 Å². The summed E-state index contributed by atoms with van der Waals surface area (Å²) >= 11 is 0. The first-order chi connectivity index (χ1) is 8.24. The number of hydrogen-bond acceptors (Lipinski definition) is 2. The number of nitrogens with zero attached hydrogens (tertiary/aromatic N) is 1. The number of hydrogen-bond donors (Lipinski definition) is 1. The van der Waals surface area contributed by atoms with E-state index in [2.05, 4.69) is 24.2 Å². The molecule has 1 aliphatic heterocycles. The molecular formula is C15H30N2. The van der Waals surface area contributed by atoms with Crippen LogP contribution in [-0.4, -0.2) is 37.6 Å². The third-order valence-corrected chi connectivity index (χ3v) is 4.75. The maximum absolute atomic E-state index is 3.77. The van der Waals surface area contributed by atoms with Crippen molar-refractivity contribution in [1.82, 2.24) is 10.2 Å². The fraction of sp³-hybridized carbons (Fsp3) is 1.00. The zero-order valence-electron chi connectivity index (χ0n) is 11.8. The summed E-state index contributed by atoms with van der Waals surface area (Å²) in [6.45, 7) is 6.20. The van der Waals surface area contributed by atoms with Gasteiger partial charge in [-0.2, -0.15) is 0 Å². The van der Waals surface area contributed by atoms with Crippen LogP contribution < -0.4 is 5.32 Å². The maximum atomic E-state index is 3.77. The van der Waals surface area contributed by atoms with Gasteiger partial charge in [0.15, 0.2) is 0 Å². The quantitative estimate of drug-likeness (QED) is 0.810. The van der Waals surface area contributed by atoms with Crippen molar-refractivity contribution in [1.29, 1.82) is 0 Å². The van der Waals surface area contributed by atoms with Crippen molar-refractivity contribution in [3.8, 4) is 0 Å². The summed E-state index contributed by atoms with van der Waals surface area (Å²) in [5, 5.41) is 3.77. The molecule has 0 amide bonds. The molecule has 100 valence electrons. The second-order valence-corrected chi connectivity index (χ2v) is 6.47.